The van der Waals surface area contributed by atoms with E-state index in [9.17, 15) is 5.11 Å². The molecule has 0 amide bonds. The molecular weight excluding hydrogens is 416 g/mol. The highest BCUT2D eigenvalue weighted by Crippen LogP contribution is 2.67. The van der Waals surface area contributed by atoms with E-state index in [2.05, 4.69) is 71.3 Å². The normalized spacial score (nSPS) is 33.2. The van der Waals surface area contributed by atoms with Crippen LogP contribution in [0.4, 0.5) is 0 Å². The maximum atomic E-state index is 12.8. The summed E-state index contributed by atoms with van der Waals surface area (Å²) in [5.41, 5.74) is 2.70. The van der Waals surface area contributed by atoms with E-state index in [4.69, 9.17) is 0 Å². The van der Waals surface area contributed by atoms with Crippen molar-refractivity contribution in [1.29, 1.82) is 0 Å². The average Bonchev–Trinajstić information content (AvgIpc) is 2.87. The summed E-state index contributed by atoms with van der Waals surface area (Å²) < 4.78 is 0. The fourth-order valence-electron chi connectivity index (χ4n) is 8.54. The molecule has 0 aromatic heterocycles. The fourth-order valence-corrected chi connectivity index (χ4v) is 8.54. The zero-order valence-corrected chi connectivity index (χ0v) is 21.0. The van der Waals surface area contributed by atoms with E-state index in [1.807, 2.05) is 0 Å². The Hall–Kier alpha value is -1.68. The monoisotopic (exact) mass is 458 g/mol. The second-order valence-corrected chi connectivity index (χ2v) is 12.0. The quantitative estimate of drug-likeness (QED) is 0.608. The Morgan fingerprint density at radius 2 is 1.29 bits per heavy atom. The molecule has 1 N–H and O–H groups in total. The Kier molecular flexibility index (Phi) is 6.08. The lowest BCUT2D eigenvalue weighted by molar-refractivity contribution is -0.164. The van der Waals surface area contributed by atoms with Gasteiger partial charge in [0.15, 0.2) is 0 Å². The highest BCUT2D eigenvalue weighted by molar-refractivity contribution is 5.41. The van der Waals surface area contributed by atoms with Crippen LogP contribution in [0.25, 0.3) is 0 Å². The molecule has 0 spiro atoms. The second kappa shape index (κ2) is 9.08. The number of piperazine rings is 1. The predicted octanol–water partition coefficient (Wildman–Crippen LogP) is 5.32. The van der Waals surface area contributed by atoms with E-state index in [1.54, 1.807) is 0 Å². The molecule has 182 valence electrons. The third-order valence-corrected chi connectivity index (χ3v) is 10.00. The minimum absolute atomic E-state index is 0.0103. The van der Waals surface area contributed by atoms with Gasteiger partial charge in [0.25, 0.3) is 0 Å². The maximum absolute atomic E-state index is 12.8. The van der Waals surface area contributed by atoms with Crippen molar-refractivity contribution in [3.05, 3.63) is 71.3 Å². The van der Waals surface area contributed by atoms with Crippen molar-refractivity contribution in [3.63, 3.8) is 0 Å². The van der Waals surface area contributed by atoms with Crippen LogP contribution in [0.15, 0.2) is 54.6 Å². The fraction of sp³-hybridized carbons (Fsp3) is 0.613. The van der Waals surface area contributed by atoms with Gasteiger partial charge in [-0.2, -0.15) is 0 Å². The average molecular weight is 459 g/mol. The van der Waals surface area contributed by atoms with Crippen LogP contribution in [0.5, 0.6) is 0 Å². The molecule has 4 aliphatic carbocycles. The number of benzene rings is 2. The van der Waals surface area contributed by atoms with Crippen molar-refractivity contribution in [2.24, 2.45) is 23.2 Å². The summed E-state index contributed by atoms with van der Waals surface area (Å²) in [5, 5.41) is 12.8. The number of likely N-dealkylation sites (N-methyl/N-ethyl adjacent to an activating group) is 1. The molecule has 5 aliphatic rings. The molecule has 0 radical (unpaired) electrons. The third kappa shape index (κ3) is 3.94. The first-order valence-electron chi connectivity index (χ1n) is 13.9. The molecule has 34 heavy (non-hydrogen) atoms. The van der Waals surface area contributed by atoms with E-state index in [1.165, 1.54) is 76.8 Å². The molecule has 3 heteroatoms. The Morgan fingerprint density at radius 1 is 0.765 bits per heavy atom. The van der Waals surface area contributed by atoms with Crippen molar-refractivity contribution in [2.75, 3.05) is 39.3 Å². The molecule has 1 aliphatic heterocycles. The topological polar surface area (TPSA) is 26.7 Å². The number of hydrogen-bond acceptors (Lipinski definition) is 3. The van der Waals surface area contributed by atoms with Crippen LogP contribution >= 0.6 is 0 Å². The zero-order valence-electron chi connectivity index (χ0n) is 21.0. The lowest BCUT2D eigenvalue weighted by Gasteiger charge is -2.62. The minimum Gasteiger partial charge on any atom is -0.380 e. The van der Waals surface area contributed by atoms with Gasteiger partial charge < -0.3 is 14.9 Å². The largest absolute Gasteiger partial charge is 0.380 e. The van der Waals surface area contributed by atoms with Crippen molar-refractivity contribution in [3.8, 4) is 0 Å². The van der Waals surface area contributed by atoms with E-state index >= 15 is 0 Å². The van der Waals surface area contributed by atoms with Crippen LogP contribution in [0.1, 0.15) is 62.1 Å². The summed E-state index contributed by atoms with van der Waals surface area (Å²) >= 11 is 0. The van der Waals surface area contributed by atoms with Crippen LogP contribution in [0.2, 0.25) is 0 Å². The SMILES string of the molecule is CCN1CCN(CCc2ccc(C(O)(c3ccccc3)C34CC5CC(CC(C5)C3)C4)cc2)CC1. The van der Waals surface area contributed by atoms with Crippen molar-refractivity contribution in [2.45, 2.75) is 57.5 Å². The maximum Gasteiger partial charge on any atom is 0.120 e. The first-order chi connectivity index (χ1) is 16.6. The summed E-state index contributed by atoms with van der Waals surface area (Å²) in [4.78, 5) is 5.15. The number of hydrogen-bond donors (Lipinski definition) is 1. The molecule has 2 aromatic carbocycles. The predicted molar refractivity (Wildman–Crippen MR) is 139 cm³/mol. The lowest BCUT2D eigenvalue weighted by atomic mass is 9.44. The molecule has 4 saturated carbocycles. The summed E-state index contributed by atoms with van der Waals surface area (Å²) in [7, 11) is 0. The number of nitrogens with zero attached hydrogens (tertiary/aromatic N) is 2. The number of rotatable bonds is 7. The van der Waals surface area contributed by atoms with Gasteiger partial charge in [-0.3, -0.25) is 0 Å². The van der Waals surface area contributed by atoms with Crippen LogP contribution in [-0.4, -0.2) is 54.2 Å². The van der Waals surface area contributed by atoms with Gasteiger partial charge in [0.05, 0.1) is 0 Å². The highest BCUT2D eigenvalue weighted by atomic mass is 16.3. The molecule has 1 atom stereocenters. The molecule has 3 nitrogen and oxygen atoms in total. The number of aliphatic hydroxyl groups is 1. The summed E-state index contributed by atoms with van der Waals surface area (Å²) in [5.74, 6) is 2.44. The van der Waals surface area contributed by atoms with Crippen LogP contribution < -0.4 is 0 Å². The smallest absolute Gasteiger partial charge is 0.120 e. The van der Waals surface area contributed by atoms with Gasteiger partial charge in [-0.15, -0.1) is 0 Å². The molecular formula is C31H42N2O. The van der Waals surface area contributed by atoms with Crippen molar-refractivity contribution < 1.29 is 5.11 Å². The zero-order chi connectivity index (χ0) is 23.2. The van der Waals surface area contributed by atoms with Crippen molar-refractivity contribution in [1.82, 2.24) is 9.80 Å². The van der Waals surface area contributed by atoms with Crippen molar-refractivity contribution >= 4 is 0 Å². The first kappa shape index (κ1) is 22.8. The second-order valence-electron chi connectivity index (χ2n) is 12.0. The van der Waals surface area contributed by atoms with E-state index < -0.39 is 5.60 Å². The minimum atomic E-state index is -0.890. The standard InChI is InChI=1S/C31H42N2O/c1-2-32-14-16-33(17-15-32)13-12-24-8-10-29(11-9-24)31(34,28-6-4-3-5-7-28)30-21-25-18-26(22-30)20-27(19-25)23-30/h3-11,25-27,34H,2,12-23H2,1H3. The molecule has 1 saturated heterocycles. The van der Waals surface area contributed by atoms with Gasteiger partial charge in [-0.05, 0) is 85.9 Å². The van der Waals surface area contributed by atoms with Crippen LogP contribution in [0.3, 0.4) is 0 Å². The summed E-state index contributed by atoms with van der Waals surface area (Å²) in [6.45, 7) is 9.34. The summed E-state index contributed by atoms with van der Waals surface area (Å²) in [6.07, 6.45) is 8.86. The van der Waals surface area contributed by atoms with Crippen LogP contribution in [0, 0.1) is 23.2 Å². The van der Waals surface area contributed by atoms with Gasteiger partial charge in [0.2, 0.25) is 0 Å². The van der Waals surface area contributed by atoms with Gasteiger partial charge in [-0.1, -0.05) is 61.5 Å². The highest BCUT2D eigenvalue weighted by Gasteiger charge is 2.61. The van der Waals surface area contributed by atoms with Gasteiger partial charge >= 0.3 is 0 Å². The van der Waals surface area contributed by atoms with Crippen LogP contribution in [-0.2, 0) is 12.0 Å². The Balaban J connectivity index is 1.25. The Morgan fingerprint density at radius 3 is 1.85 bits per heavy atom. The van der Waals surface area contributed by atoms with E-state index in [-0.39, 0.29) is 5.41 Å². The van der Waals surface area contributed by atoms with E-state index in [0.717, 1.165) is 41.8 Å². The van der Waals surface area contributed by atoms with E-state index in [0.29, 0.717) is 0 Å². The first-order valence-corrected chi connectivity index (χ1v) is 13.9. The molecule has 1 heterocycles. The molecule has 5 fully saturated rings. The molecule has 7 rings (SSSR count). The third-order valence-electron chi connectivity index (χ3n) is 10.00. The molecule has 1 unspecified atom stereocenters. The molecule has 4 bridgehead atoms. The Labute approximate surface area is 206 Å². The van der Waals surface area contributed by atoms with Gasteiger partial charge in [0.1, 0.15) is 5.60 Å². The van der Waals surface area contributed by atoms with Gasteiger partial charge in [0, 0.05) is 38.1 Å². The van der Waals surface area contributed by atoms with Gasteiger partial charge in [-0.25, -0.2) is 0 Å². The molecule has 2 aromatic rings. The summed E-state index contributed by atoms with van der Waals surface area (Å²) in [6, 6.07) is 19.7. The Bertz CT molecular complexity index is 927. The lowest BCUT2D eigenvalue weighted by Crippen LogP contribution is -2.57.